The molecule has 0 saturated carbocycles. The first-order valence-electron chi connectivity index (χ1n) is 5.95. The predicted octanol–water partition coefficient (Wildman–Crippen LogP) is 1.15. The third-order valence-electron chi connectivity index (χ3n) is 2.51. The molecule has 0 aliphatic rings. The Morgan fingerprint density at radius 3 is 2.33 bits per heavy atom. The van der Waals surface area contributed by atoms with Crippen molar-refractivity contribution >= 4 is 21.4 Å². The number of anilines is 1. The van der Waals surface area contributed by atoms with Crippen LogP contribution in [0.3, 0.4) is 0 Å². The fraction of sp³-hybridized carbons (Fsp3) is 0.0769. The molecule has 0 bridgehead atoms. The second kappa shape index (κ2) is 6.10. The SMILES string of the molecule is CS(=O)(=O)Nc1ccc([NH+](O)O)cc1Oc1ccccc1. The van der Waals surface area contributed by atoms with Crippen molar-refractivity contribution in [2.24, 2.45) is 0 Å². The zero-order valence-electron chi connectivity index (χ0n) is 11.1. The molecular weight excluding hydrogens is 296 g/mol. The van der Waals surface area contributed by atoms with E-state index in [0.29, 0.717) is 5.75 Å². The van der Waals surface area contributed by atoms with Crippen LogP contribution in [-0.4, -0.2) is 25.1 Å². The molecule has 2 aromatic carbocycles. The maximum absolute atomic E-state index is 11.4. The molecule has 0 radical (unpaired) electrons. The maximum atomic E-state index is 11.4. The third kappa shape index (κ3) is 4.43. The van der Waals surface area contributed by atoms with E-state index in [2.05, 4.69) is 4.72 Å². The van der Waals surface area contributed by atoms with Gasteiger partial charge in [-0.3, -0.25) is 4.72 Å². The number of rotatable bonds is 5. The van der Waals surface area contributed by atoms with Crippen molar-refractivity contribution in [3.8, 4) is 11.5 Å². The normalized spacial score (nSPS) is 11.4. The van der Waals surface area contributed by atoms with Crippen LogP contribution >= 0.6 is 0 Å². The summed E-state index contributed by atoms with van der Waals surface area (Å²) < 4.78 is 30.6. The molecule has 2 aromatic rings. The van der Waals surface area contributed by atoms with Gasteiger partial charge in [-0.15, -0.1) is 0 Å². The highest BCUT2D eigenvalue weighted by molar-refractivity contribution is 7.92. The quantitative estimate of drug-likeness (QED) is 0.621. The van der Waals surface area contributed by atoms with E-state index in [4.69, 9.17) is 15.2 Å². The van der Waals surface area contributed by atoms with Gasteiger partial charge < -0.3 is 4.74 Å². The Balaban J connectivity index is 2.41. The third-order valence-corrected chi connectivity index (χ3v) is 3.10. The first-order valence-corrected chi connectivity index (χ1v) is 7.84. The molecule has 0 aromatic heterocycles. The Morgan fingerprint density at radius 1 is 1.10 bits per heavy atom. The summed E-state index contributed by atoms with van der Waals surface area (Å²) in [6.45, 7) is 0. The van der Waals surface area contributed by atoms with E-state index in [1.807, 2.05) is 6.07 Å². The van der Waals surface area contributed by atoms with E-state index in [9.17, 15) is 8.42 Å². The summed E-state index contributed by atoms with van der Waals surface area (Å²) in [7, 11) is -3.49. The van der Waals surface area contributed by atoms with E-state index < -0.39 is 15.2 Å². The number of nitrogens with one attached hydrogen (secondary N) is 2. The summed E-state index contributed by atoms with van der Waals surface area (Å²) in [5.74, 6) is 0.647. The van der Waals surface area contributed by atoms with E-state index in [1.54, 1.807) is 24.3 Å². The van der Waals surface area contributed by atoms with Crippen LogP contribution in [0.4, 0.5) is 11.4 Å². The first kappa shape index (κ1) is 15.3. The number of para-hydroxylation sites is 1. The minimum atomic E-state index is -3.49. The zero-order valence-corrected chi connectivity index (χ0v) is 12.0. The minimum Gasteiger partial charge on any atom is -0.455 e. The predicted molar refractivity (Wildman–Crippen MR) is 75.6 cm³/mol. The lowest BCUT2D eigenvalue weighted by atomic mass is 10.2. The second-order valence-electron chi connectivity index (χ2n) is 4.32. The lowest BCUT2D eigenvalue weighted by Gasteiger charge is -2.13. The standard InChI is InChI=1S/C13H14N2O5S/c1-21(18,19)14-12-8-7-10(15(16)17)9-13(12)20-11-5-3-2-4-6-11/h2-9,14,16-17H,1H3/p+1. The smallest absolute Gasteiger partial charge is 0.229 e. The molecule has 0 spiro atoms. The van der Waals surface area contributed by atoms with Gasteiger partial charge in [0.2, 0.25) is 15.7 Å². The van der Waals surface area contributed by atoms with Gasteiger partial charge in [0, 0.05) is 6.07 Å². The highest BCUT2D eigenvalue weighted by atomic mass is 32.2. The van der Waals surface area contributed by atoms with Crippen molar-refractivity contribution in [1.29, 1.82) is 0 Å². The van der Waals surface area contributed by atoms with Crippen LogP contribution in [-0.2, 0) is 10.0 Å². The van der Waals surface area contributed by atoms with E-state index in [-0.39, 0.29) is 17.1 Å². The summed E-state index contributed by atoms with van der Waals surface area (Å²) >= 11 is 0. The van der Waals surface area contributed by atoms with Crippen LogP contribution in [0.1, 0.15) is 0 Å². The van der Waals surface area contributed by atoms with Crippen LogP contribution < -0.4 is 14.7 Å². The number of ether oxygens (including phenoxy) is 1. The van der Waals surface area contributed by atoms with E-state index in [0.717, 1.165) is 6.26 Å². The molecule has 0 fully saturated rings. The van der Waals surface area contributed by atoms with Gasteiger partial charge in [0.05, 0.1) is 18.0 Å². The number of benzene rings is 2. The highest BCUT2D eigenvalue weighted by Crippen LogP contribution is 2.31. The summed E-state index contributed by atoms with van der Waals surface area (Å²) in [6, 6.07) is 12.8. The van der Waals surface area contributed by atoms with Crippen molar-refractivity contribution < 1.29 is 28.8 Å². The van der Waals surface area contributed by atoms with Gasteiger partial charge in [-0.2, -0.15) is 10.4 Å². The molecule has 0 atom stereocenters. The average Bonchev–Trinajstić information content (AvgIpc) is 2.40. The summed E-state index contributed by atoms with van der Waals surface area (Å²) in [6.07, 6.45) is 1.02. The van der Waals surface area contributed by atoms with Gasteiger partial charge in [0.15, 0.2) is 5.75 Å². The molecule has 0 aliphatic heterocycles. The number of sulfonamides is 1. The summed E-state index contributed by atoms with van der Waals surface area (Å²) in [5.41, 5.74) is 0.311. The fourth-order valence-corrected chi connectivity index (χ4v) is 2.21. The molecule has 0 heterocycles. The van der Waals surface area contributed by atoms with Gasteiger partial charge in [0.25, 0.3) is 0 Å². The lowest BCUT2D eigenvalue weighted by Crippen LogP contribution is -3.01. The minimum absolute atomic E-state index is 0.111. The topological polar surface area (TPSA) is 100 Å². The second-order valence-corrected chi connectivity index (χ2v) is 6.07. The van der Waals surface area contributed by atoms with Gasteiger partial charge in [-0.1, -0.05) is 18.2 Å². The highest BCUT2D eigenvalue weighted by Gasteiger charge is 2.15. The lowest BCUT2D eigenvalue weighted by molar-refractivity contribution is -1.19. The molecular formula is C13H15N2O5S+. The molecule has 0 unspecified atom stereocenters. The Bertz CT molecular complexity index is 717. The van der Waals surface area contributed by atoms with Gasteiger partial charge in [0.1, 0.15) is 5.75 Å². The number of hydrogen-bond donors (Lipinski definition) is 4. The Morgan fingerprint density at radius 2 is 1.76 bits per heavy atom. The van der Waals surface area contributed by atoms with Crippen molar-refractivity contribution in [1.82, 2.24) is 0 Å². The first-order chi connectivity index (χ1) is 9.85. The zero-order chi connectivity index (χ0) is 15.5. The van der Waals surface area contributed by atoms with Gasteiger partial charge in [-0.25, -0.2) is 8.42 Å². The average molecular weight is 311 g/mol. The summed E-state index contributed by atoms with van der Waals surface area (Å²) in [5, 5.41) is 17.4. The van der Waals surface area contributed by atoms with Crippen molar-refractivity contribution in [3.63, 3.8) is 0 Å². The molecule has 0 aliphatic carbocycles. The van der Waals surface area contributed by atoms with Crippen LogP contribution in [0.2, 0.25) is 0 Å². The molecule has 7 nitrogen and oxygen atoms in total. The Hall–Kier alpha value is -2.13. The summed E-state index contributed by atoms with van der Waals surface area (Å²) in [4.78, 5) is 0. The van der Waals surface area contributed by atoms with Crippen LogP contribution in [0, 0.1) is 0 Å². The van der Waals surface area contributed by atoms with Crippen molar-refractivity contribution in [2.45, 2.75) is 0 Å². The molecule has 8 heteroatoms. The largest absolute Gasteiger partial charge is 0.455 e. The molecule has 0 saturated heterocycles. The van der Waals surface area contributed by atoms with Crippen LogP contribution in [0.5, 0.6) is 11.5 Å². The Kier molecular flexibility index (Phi) is 4.43. The number of quaternary nitrogens is 1. The Labute approximate surface area is 122 Å². The van der Waals surface area contributed by atoms with E-state index in [1.165, 1.54) is 18.2 Å². The molecule has 4 N–H and O–H groups in total. The van der Waals surface area contributed by atoms with Crippen molar-refractivity contribution in [2.75, 3.05) is 11.0 Å². The van der Waals surface area contributed by atoms with Gasteiger partial charge in [-0.05, 0) is 23.4 Å². The molecule has 112 valence electrons. The molecule has 2 rings (SSSR count). The van der Waals surface area contributed by atoms with Crippen LogP contribution in [0.25, 0.3) is 0 Å². The molecule has 21 heavy (non-hydrogen) atoms. The maximum Gasteiger partial charge on any atom is 0.229 e. The van der Waals surface area contributed by atoms with Gasteiger partial charge >= 0.3 is 0 Å². The van der Waals surface area contributed by atoms with Crippen molar-refractivity contribution in [3.05, 3.63) is 48.5 Å². The number of hydrogen-bond acceptors (Lipinski definition) is 5. The molecule has 0 amide bonds. The van der Waals surface area contributed by atoms with E-state index >= 15 is 0 Å². The van der Waals surface area contributed by atoms with Crippen LogP contribution in [0.15, 0.2) is 48.5 Å². The monoisotopic (exact) mass is 311 g/mol. The fourth-order valence-electron chi connectivity index (χ4n) is 1.65.